The number of aliphatic hydroxyl groups is 1. The zero-order valence-corrected chi connectivity index (χ0v) is 20.7. The van der Waals surface area contributed by atoms with Crippen LogP contribution in [-0.4, -0.2) is 21.3 Å². The van der Waals surface area contributed by atoms with Crippen molar-refractivity contribution in [2.24, 2.45) is 0 Å². The van der Waals surface area contributed by atoms with Gasteiger partial charge >= 0.3 is 14.4 Å². The van der Waals surface area contributed by atoms with Gasteiger partial charge in [0.2, 0.25) is 0 Å². The van der Waals surface area contributed by atoms with Crippen molar-refractivity contribution in [3.8, 4) is 17.2 Å². The number of benzene rings is 3. The lowest BCUT2D eigenvalue weighted by molar-refractivity contribution is 0.0692. The molecular formula is C22H17Br2FO6P+. The van der Waals surface area contributed by atoms with Gasteiger partial charge in [0.1, 0.15) is 17.3 Å². The average Bonchev–Trinajstić information content (AvgIpc) is 2.72. The number of rotatable bonds is 7. The fourth-order valence-electron chi connectivity index (χ4n) is 2.94. The second-order valence-electron chi connectivity index (χ2n) is 7.13. The van der Waals surface area contributed by atoms with Crippen LogP contribution < -0.4 is 4.74 Å². The Hall–Kier alpha value is -2.32. The first kappa shape index (κ1) is 24.3. The summed E-state index contributed by atoms with van der Waals surface area (Å²) < 4.78 is 32.2. The van der Waals surface area contributed by atoms with Crippen LogP contribution >= 0.6 is 40.3 Å². The second-order valence-corrected chi connectivity index (χ2v) is 10.0. The van der Waals surface area contributed by atoms with Gasteiger partial charge < -0.3 is 20.1 Å². The maximum Gasteiger partial charge on any atom is 0.364 e. The highest BCUT2D eigenvalue weighted by Gasteiger charge is 2.33. The van der Waals surface area contributed by atoms with E-state index in [4.69, 9.17) is 9.84 Å². The average molecular weight is 587 g/mol. The van der Waals surface area contributed by atoms with Crippen LogP contribution in [0.2, 0.25) is 0 Å². The van der Waals surface area contributed by atoms with Crippen LogP contribution in [0.15, 0.2) is 57.5 Å². The lowest BCUT2D eigenvalue weighted by atomic mass is 10.0. The van der Waals surface area contributed by atoms with Crippen LogP contribution in [0.3, 0.4) is 0 Å². The van der Waals surface area contributed by atoms with E-state index < -0.39 is 31.2 Å². The number of phenolic OH excluding ortho intramolecular Hbond substituents is 1. The van der Waals surface area contributed by atoms with Crippen molar-refractivity contribution in [2.45, 2.75) is 18.7 Å². The van der Waals surface area contributed by atoms with Gasteiger partial charge in [0, 0.05) is 24.5 Å². The Kier molecular flexibility index (Phi) is 7.35. The minimum atomic E-state index is -1.51. The molecule has 3 aromatic carbocycles. The Morgan fingerprint density at radius 2 is 1.78 bits per heavy atom. The van der Waals surface area contributed by atoms with Gasteiger partial charge in [-0.05, 0) is 79.9 Å². The third kappa shape index (κ3) is 5.35. The summed E-state index contributed by atoms with van der Waals surface area (Å²) >= 11 is 6.77. The largest absolute Gasteiger partial charge is 0.508 e. The summed E-state index contributed by atoms with van der Waals surface area (Å²) in [6.07, 6.45) is 0.147. The summed E-state index contributed by atoms with van der Waals surface area (Å²) in [6, 6.07) is 11.5. The summed E-state index contributed by atoms with van der Waals surface area (Å²) in [5.74, 6) is -1.46. The number of halogens is 3. The molecule has 3 rings (SSSR count). The van der Waals surface area contributed by atoms with E-state index >= 15 is 0 Å². The molecule has 0 radical (unpaired) electrons. The number of carbonyl (C=O) groups is 1. The van der Waals surface area contributed by atoms with Crippen LogP contribution in [0.4, 0.5) is 4.39 Å². The highest BCUT2D eigenvalue weighted by atomic mass is 79.9. The molecule has 3 aromatic rings. The van der Waals surface area contributed by atoms with E-state index in [1.165, 1.54) is 25.1 Å². The lowest BCUT2D eigenvalue weighted by Crippen LogP contribution is -2.12. The molecule has 6 nitrogen and oxygen atoms in total. The highest BCUT2D eigenvalue weighted by Crippen LogP contribution is 2.43. The van der Waals surface area contributed by atoms with Gasteiger partial charge in [-0.15, -0.1) is 0 Å². The van der Waals surface area contributed by atoms with Crippen molar-refractivity contribution >= 4 is 46.3 Å². The first-order chi connectivity index (χ1) is 15.0. The predicted octanol–water partition coefficient (Wildman–Crippen LogP) is 6.33. The van der Waals surface area contributed by atoms with Gasteiger partial charge in [-0.1, -0.05) is 10.6 Å². The zero-order valence-electron chi connectivity index (χ0n) is 16.5. The molecule has 0 saturated carbocycles. The van der Waals surface area contributed by atoms with Crippen molar-refractivity contribution in [1.29, 1.82) is 0 Å². The number of aromatic carboxylic acids is 1. The molecule has 0 aliphatic carbocycles. The number of aromatic hydroxyl groups is 1. The van der Waals surface area contributed by atoms with E-state index in [1.807, 2.05) is 0 Å². The predicted molar refractivity (Wildman–Crippen MR) is 125 cm³/mol. The maximum atomic E-state index is 14.0. The number of phenols is 1. The molecule has 2 atom stereocenters. The van der Waals surface area contributed by atoms with Gasteiger partial charge in [-0.25, -0.2) is 9.18 Å². The molecule has 10 heteroatoms. The normalized spacial score (nSPS) is 13.0. The number of carboxylic acids is 1. The van der Waals surface area contributed by atoms with Crippen LogP contribution in [0, 0.1) is 5.82 Å². The summed E-state index contributed by atoms with van der Waals surface area (Å²) in [4.78, 5) is 11.0. The number of hydrogen-bond donors (Lipinski definition) is 3. The molecule has 0 heterocycles. The van der Waals surface area contributed by atoms with Crippen molar-refractivity contribution < 1.29 is 33.8 Å². The van der Waals surface area contributed by atoms with Crippen LogP contribution in [0.25, 0.3) is 0 Å². The quantitative estimate of drug-likeness (QED) is 0.280. The van der Waals surface area contributed by atoms with Crippen LogP contribution in [0.1, 0.15) is 34.0 Å². The topological polar surface area (TPSA) is 104 Å². The van der Waals surface area contributed by atoms with Crippen molar-refractivity contribution in [3.05, 3.63) is 85.5 Å². The number of ether oxygens (including phenoxy) is 1. The van der Waals surface area contributed by atoms with Gasteiger partial charge in [0.05, 0.1) is 14.5 Å². The zero-order chi connectivity index (χ0) is 23.6. The van der Waals surface area contributed by atoms with E-state index in [9.17, 15) is 24.0 Å². The Morgan fingerprint density at radius 1 is 1.12 bits per heavy atom. The molecule has 0 amide bonds. The van der Waals surface area contributed by atoms with Crippen LogP contribution in [-0.2, 0) is 16.3 Å². The van der Waals surface area contributed by atoms with Crippen molar-refractivity contribution in [1.82, 2.24) is 0 Å². The highest BCUT2D eigenvalue weighted by molar-refractivity contribution is 9.11. The molecule has 2 unspecified atom stereocenters. The Labute approximate surface area is 201 Å². The Morgan fingerprint density at radius 3 is 2.34 bits per heavy atom. The second kappa shape index (κ2) is 9.67. The van der Waals surface area contributed by atoms with Gasteiger partial charge in [0.25, 0.3) is 5.34 Å². The summed E-state index contributed by atoms with van der Waals surface area (Å²) in [5, 5.41) is 27.9. The first-order valence-corrected chi connectivity index (χ1v) is 11.6. The molecule has 166 valence electrons. The van der Waals surface area contributed by atoms with E-state index in [1.54, 1.807) is 24.3 Å². The standard InChI is InChI=1S/C22H16Br2FO6P/c1-22(29,32-30)13-9-16(23)20(17(24)10-13)31-14-3-5-19(26)12(8-14)6-11-2-4-15(21(27)28)18(25)7-11/h2-5,7-10,26,29H,6H2,1H3,(H,27,28)/p+1. The molecule has 0 saturated heterocycles. The fraction of sp³-hybridized carbons (Fsp3) is 0.136. The minimum Gasteiger partial charge on any atom is -0.508 e. The molecular weight excluding hydrogens is 570 g/mol. The monoisotopic (exact) mass is 585 g/mol. The van der Waals surface area contributed by atoms with Gasteiger partial charge in [-0.2, -0.15) is 0 Å². The maximum absolute atomic E-state index is 14.0. The number of carboxylic acid groups (broad SMARTS) is 1. The van der Waals surface area contributed by atoms with Crippen molar-refractivity contribution in [2.75, 3.05) is 0 Å². The summed E-state index contributed by atoms with van der Waals surface area (Å²) in [7, 11) is -0.960. The first-order valence-electron chi connectivity index (χ1n) is 9.14. The molecule has 3 N–H and O–H groups in total. The molecule has 32 heavy (non-hydrogen) atoms. The summed E-state index contributed by atoms with van der Waals surface area (Å²) in [5.41, 5.74) is 0.927. The van der Waals surface area contributed by atoms with E-state index in [-0.39, 0.29) is 12.2 Å². The number of hydrogen-bond acceptors (Lipinski definition) is 5. The van der Waals surface area contributed by atoms with Crippen molar-refractivity contribution in [3.63, 3.8) is 0 Å². The van der Waals surface area contributed by atoms with E-state index in [2.05, 4.69) is 31.9 Å². The van der Waals surface area contributed by atoms with Gasteiger partial charge in [-0.3, -0.25) is 0 Å². The molecule has 0 fully saturated rings. The lowest BCUT2D eigenvalue weighted by Gasteiger charge is -2.15. The van der Waals surface area contributed by atoms with Gasteiger partial charge in [0.15, 0.2) is 5.75 Å². The van der Waals surface area contributed by atoms with E-state index in [0.29, 0.717) is 37.1 Å². The SMILES string of the molecule is CC(O)([PH+]=O)c1cc(Br)c(Oc2ccc(O)c(Cc3ccc(C(=O)O)c(F)c3)c2)c(Br)c1. The van der Waals surface area contributed by atoms with E-state index in [0.717, 1.165) is 6.07 Å². The third-order valence-corrected chi connectivity index (χ3v) is 6.55. The molecule has 0 aliphatic heterocycles. The Bertz CT molecular complexity index is 1190. The molecule has 0 bridgehead atoms. The fourth-order valence-corrected chi connectivity index (χ4v) is 4.55. The molecule has 0 aliphatic rings. The summed E-state index contributed by atoms with van der Waals surface area (Å²) in [6.45, 7) is 1.44. The minimum absolute atomic E-state index is 0.0268. The smallest absolute Gasteiger partial charge is 0.364 e. The Balaban J connectivity index is 1.89. The molecule has 0 aromatic heterocycles. The third-order valence-electron chi connectivity index (χ3n) is 4.69. The molecule has 0 spiro atoms. The van der Waals surface area contributed by atoms with Crippen LogP contribution in [0.5, 0.6) is 17.2 Å².